The Balaban J connectivity index is 2.42. The zero-order valence-corrected chi connectivity index (χ0v) is 10.5. The zero-order chi connectivity index (χ0) is 11.0. The summed E-state index contributed by atoms with van der Waals surface area (Å²) in [6.07, 6.45) is 9.01. The Bertz CT molecular complexity index is 151. The van der Waals surface area contributed by atoms with Gasteiger partial charge in [0.05, 0.1) is 6.61 Å². The lowest BCUT2D eigenvalue weighted by molar-refractivity contribution is 0.0610. The molecule has 90 valence electrons. The van der Waals surface area contributed by atoms with Crippen LogP contribution in [0.4, 0.5) is 0 Å². The Morgan fingerprint density at radius 3 is 2.73 bits per heavy atom. The first-order chi connectivity index (χ1) is 7.33. The summed E-state index contributed by atoms with van der Waals surface area (Å²) in [6, 6.07) is 0. The molecule has 0 spiro atoms. The topological polar surface area (TPSA) is 21.3 Å². The molecule has 0 radical (unpaired) electrons. The molecule has 15 heavy (non-hydrogen) atoms. The van der Waals surface area contributed by atoms with Crippen LogP contribution >= 0.6 is 0 Å². The third-order valence-corrected chi connectivity index (χ3v) is 3.29. The molecule has 0 aromatic carbocycles. The van der Waals surface area contributed by atoms with Crippen molar-refractivity contribution < 1.29 is 4.74 Å². The van der Waals surface area contributed by atoms with Gasteiger partial charge in [0.2, 0.25) is 0 Å². The van der Waals surface area contributed by atoms with E-state index in [0.29, 0.717) is 5.54 Å². The van der Waals surface area contributed by atoms with E-state index >= 15 is 0 Å². The second-order valence-corrected chi connectivity index (χ2v) is 4.82. The van der Waals surface area contributed by atoms with E-state index in [1.807, 2.05) is 0 Å². The number of rotatable bonds is 6. The minimum Gasteiger partial charge on any atom is -0.380 e. The predicted molar refractivity (Wildman–Crippen MR) is 65.2 cm³/mol. The van der Waals surface area contributed by atoms with Crippen molar-refractivity contribution in [3.63, 3.8) is 0 Å². The molecule has 0 aliphatic carbocycles. The third kappa shape index (κ3) is 4.52. The van der Waals surface area contributed by atoms with Crippen LogP contribution in [0.2, 0.25) is 0 Å². The first-order valence-corrected chi connectivity index (χ1v) is 6.66. The van der Waals surface area contributed by atoms with Crippen LogP contribution in [0, 0.1) is 0 Å². The Morgan fingerprint density at radius 1 is 1.13 bits per heavy atom. The predicted octanol–water partition coefficient (Wildman–Crippen LogP) is 3.12. The second-order valence-electron chi connectivity index (χ2n) is 4.82. The summed E-state index contributed by atoms with van der Waals surface area (Å²) >= 11 is 0. The van der Waals surface area contributed by atoms with Crippen LogP contribution in [0.3, 0.4) is 0 Å². The maximum atomic E-state index is 5.77. The van der Waals surface area contributed by atoms with Gasteiger partial charge in [-0.2, -0.15) is 0 Å². The highest BCUT2D eigenvalue weighted by atomic mass is 16.5. The summed E-state index contributed by atoms with van der Waals surface area (Å²) in [5.74, 6) is 0. The van der Waals surface area contributed by atoms with Crippen molar-refractivity contribution >= 4 is 0 Å². The van der Waals surface area contributed by atoms with Crippen molar-refractivity contribution in [3.8, 4) is 0 Å². The molecule has 1 aliphatic heterocycles. The maximum Gasteiger partial charge on any atom is 0.0648 e. The minimum absolute atomic E-state index is 0.292. The quantitative estimate of drug-likeness (QED) is 0.685. The lowest BCUT2D eigenvalue weighted by atomic mass is 9.89. The Hall–Kier alpha value is -0.0800. The molecule has 1 saturated heterocycles. The van der Waals surface area contributed by atoms with Crippen LogP contribution in [0.25, 0.3) is 0 Å². The van der Waals surface area contributed by atoms with Gasteiger partial charge in [-0.05, 0) is 32.2 Å². The van der Waals surface area contributed by atoms with Crippen LogP contribution in [-0.2, 0) is 4.74 Å². The zero-order valence-electron chi connectivity index (χ0n) is 10.5. The lowest BCUT2D eigenvalue weighted by Crippen LogP contribution is -2.48. The molecule has 1 rings (SSSR count). The fourth-order valence-corrected chi connectivity index (χ4v) is 2.51. The van der Waals surface area contributed by atoms with Crippen LogP contribution < -0.4 is 5.32 Å². The summed E-state index contributed by atoms with van der Waals surface area (Å²) in [5.41, 5.74) is 0.292. The maximum absolute atomic E-state index is 5.77. The molecule has 1 N–H and O–H groups in total. The van der Waals surface area contributed by atoms with Crippen molar-refractivity contribution in [1.82, 2.24) is 5.32 Å². The van der Waals surface area contributed by atoms with E-state index in [4.69, 9.17) is 4.74 Å². The van der Waals surface area contributed by atoms with Gasteiger partial charge in [0, 0.05) is 12.1 Å². The highest BCUT2D eigenvalue weighted by Gasteiger charge is 2.29. The number of hydrogen-bond acceptors (Lipinski definition) is 2. The molecule has 0 aromatic heterocycles. The van der Waals surface area contributed by atoms with Crippen LogP contribution in [0.1, 0.15) is 58.8 Å². The van der Waals surface area contributed by atoms with Crippen LogP contribution in [-0.4, -0.2) is 25.3 Å². The summed E-state index contributed by atoms with van der Waals surface area (Å²) < 4.78 is 5.77. The molecule has 1 unspecified atom stereocenters. The van der Waals surface area contributed by atoms with E-state index in [2.05, 4.69) is 19.2 Å². The molecule has 1 aliphatic rings. The monoisotopic (exact) mass is 213 g/mol. The average Bonchev–Trinajstić information content (AvgIpc) is 2.45. The van der Waals surface area contributed by atoms with Gasteiger partial charge in [0.15, 0.2) is 0 Å². The smallest absolute Gasteiger partial charge is 0.0648 e. The third-order valence-electron chi connectivity index (χ3n) is 3.29. The Kier molecular flexibility index (Phi) is 6.26. The number of ether oxygens (including phenoxy) is 1. The highest BCUT2D eigenvalue weighted by molar-refractivity contribution is 4.89. The van der Waals surface area contributed by atoms with E-state index in [0.717, 1.165) is 19.6 Å². The molecule has 1 fully saturated rings. The molecule has 0 saturated carbocycles. The standard InChI is InChI=1S/C13H27NO/c1-3-8-13(12-15-11-4-2)9-6-5-7-10-14-13/h14H,3-12H2,1-2H3. The molecule has 0 aromatic rings. The summed E-state index contributed by atoms with van der Waals surface area (Å²) in [7, 11) is 0. The van der Waals surface area contributed by atoms with E-state index in [1.54, 1.807) is 0 Å². The molecule has 0 bridgehead atoms. The normalized spacial score (nSPS) is 27.6. The van der Waals surface area contributed by atoms with Gasteiger partial charge in [-0.15, -0.1) is 0 Å². The van der Waals surface area contributed by atoms with Gasteiger partial charge in [-0.3, -0.25) is 0 Å². The van der Waals surface area contributed by atoms with Crippen molar-refractivity contribution in [2.24, 2.45) is 0 Å². The number of nitrogens with one attached hydrogen (secondary N) is 1. The summed E-state index contributed by atoms with van der Waals surface area (Å²) in [4.78, 5) is 0. The van der Waals surface area contributed by atoms with Crippen molar-refractivity contribution in [2.45, 2.75) is 64.3 Å². The van der Waals surface area contributed by atoms with Gasteiger partial charge >= 0.3 is 0 Å². The fraction of sp³-hybridized carbons (Fsp3) is 1.00. The Morgan fingerprint density at radius 2 is 2.00 bits per heavy atom. The van der Waals surface area contributed by atoms with Gasteiger partial charge < -0.3 is 10.1 Å². The summed E-state index contributed by atoms with van der Waals surface area (Å²) in [6.45, 7) is 7.44. The van der Waals surface area contributed by atoms with Gasteiger partial charge in [-0.1, -0.05) is 33.1 Å². The first kappa shape index (κ1) is 13.0. The molecule has 0 amide bonds. The summed E-state index contributed by atoms with van der Waals surface area (Å²) in [5, 5.41) is 3.73. The largest absolute Gasteiger partial charge is 0.380 e. The SMILES string of the molecule is CCCOCC1(CCC)CCCCCN1. The average molecular weight is 213 g/mol. The fourth-order valence-electron chi connectivity index (χ4n) is 2.51. The van der Waals surface area contributed by atoms with E-state index in [-0.39, 0.29) is 0 Å². The minimum atomic E-state index is 0.292. The van der Waals surface area contributed by atoms with Gasteiger partial charge in [0.1, 0.15) is 0 Å². The molecule has 1 heterocycles. The molecule has 1 atom stereocenters. The molecular weight excluding hydrogens is 186 g/mol. The van der Waals surface area contributed by atoms with E-state index in [1.165, 1.54) is 45.1 Å². The first-order valence-electron chi connectivity index (χ1n) is 6.66. The molecule has 2 heteroatoms. The highest BCUT2D eigenvalue weighted by Crippen LogP contribution is 2.24. The second kappa shape index (κ2) is 7.24. The Labute approximate surface area is 94.8 Å². The van der Waals surface area contributed by atoms with E-state index in [9.17, 15) is 0 Å². The van der Waals surface area contributed by atoms with Crippen molar-refractivity contribution in [2.75, 3.05) is 19.8 Å². The van der Waals surface area contributed by atoms with E-state index < -0.39 is 0 Å². The van der Waals surface area contributed by atoms with Crippen LogP contribution in [0.15, 0.2) is 0 Å². The molecule has 2 nitrogen and oxygen atoms in total. The van der Waals surface area contributed by atoms with Crippen molar-refractivity contribution in [3.05, 3.63) is 0 Å². The van der Waals surface area contributed by atoms with Crippen molar-refractivity contribution in [1.29, 1.82) is 0 Å². The lowest BCUT2D eigenvalue weighted by Gasteiger charge is -2.33. The number of hydrogen-bond donors (Lipinski definition) is 1. The van der Waals surface area contributed by atoms with Gasteiger partial charge in [-0.25, -0.2) is 0 Å². The molecular formula is C13H27NO. The van der Waals surface area contributed by atoms with Crippen LogP contribution in [0.5, 0.6) is 0 Å². The van der Waals surface area contributed by atoms with Gasteiger partial charge in [0.25, 0.3) is 0 Å².